The van der Waals surface area contributed by atoms with Crippen LogP contribution in [-0.2, 0) is 6.18 Å². The zero-order valence-electron chi connectivity index (χ0n) is 11.5. The zero-order valence-corrected chi connectivity index (χ0v) is 12.3. The highest BCUT2D eigenvalue weighted by molar-refractivity contribution is 7.15. The van der Waals surface area contributed by atoms with Gasteiger partial charge in [-0.1, -0.05) is 30.4 Å². The van der Waals surface area contributed by atoms with Crippen LogP contribution in [0.5, 0.6) is 5.75 Å². The molecule has 1 aromatic heterocycles. The fraction of sp³-hybridized carbons (Fsp3) is 0.385. The third-order valence-corrected chi connectivity index (χ3v) is 3.66. The number of rotatable bonds is 6. The average molecular weight is 335 g/mol. The molecule has 0 saturated carbocycles. The number of hydrogen-bond acceptors (Lipinski definition) is 5. The van der Waals surface area contributed by atoms with Crippen LogP contribution in [-0.4, -0.2) is 22.8 Å². The number of ether oxygens (including phenoxy) is 1. The van der Waals surface area contributed by atoms with E-state index >= 15 is 0 Å². The molecule has 22 heavy (non-hydrogen) atoms. The van der Waals surface area contributed by atoms with Gasteiger partial charge in [0.25, 0.3) is 0 Å². The predicted octanol–water partition coefficient (Wildman–Crippen LogP) is 3.97. The molecular formula is C13H13F4N3OS. The second-order valence-electron chi connectivity index (χ2n) is 4.37. The number of halogens is 4. The second kappa shape index (κ2) is 6.91. The van der Waals surface area contributed by atoms with Crippen molar-refractivity contribution in [3.8, 4) is 5.75 Å². The molecule has 9 heteroatoms. The Bertz CT molecular complexity index is 617. The Morgan fingerprint density at radius 3 is 2.59 bits per heavy atom. The number of aromatic nitrogens is 2. The molecule has 4 nitrogen and oxygen atoms in total. The van der Waals surface area contributed by atoms with E-state index in [1.807, 2.05) is 6.92 Å². The summed E-state index contributed by atoms with van der Waals surface area (Å²) in [5.41, 5.74) is 0. The molecule has 2 rings (SSSR count). The van der Waals surface area contributed by atoms with E-state index in [2.05, 4.69) is 15.5 Å². The molecule has 0 amide bonds. The number of para-hydroxylation sites is 1. The van der Waals surface area contributed by atoms with Crippen LogP contribution in [0, 0.1) is 5.82 Å². The summed E-state index contributed by atoms with van der Waals surface area (Å²) in [7, 11) is 0. The lowest BCUT2D eigenvalue weighted by molar-refractivity contribution is -0.138. The second-order valence-corrected chi connectivity index (χ2v) is 5.35. The molecule has 0 bridgehead atoms. The van der Waals surface area contributed by atoms with Crippen molar-refractivity contribution < 1.29 is 22.3 Å². The van der Waals surface area contributed by atoms with Gasteiger partial charge in [0.05, 0.1) is 6.54 Å². The molecule has 0 saturated heterocycles. The summed E-state index contributed by atoms with van der Waals surface area (Å²) in [6.07, 6.45) is -4.37. The first-order chi connectivity index (χ1) is 10.4. The third kappa shape index (κ3) is 4.30. The minimum Gasteiger partial charge on any atom is -0.486 e. The summed E-state index contributed by atoms with van der Waals surface area (Å²) in [4.78, 5) is 0. The van der Waals surface area contributed by atoms with Crippen LogP contribution in [0.15, 0.2) is 24.3 Å². The van der Waals surface area contributed by atoms with Crippen LogP contribution in [0.2, 0.25) is 0 Å². The lowest BCUT2D eigenvalue weighted by atomic mass is 10.2. The van der Waals surface area contributed by atoms with Gasteiger partial charge in [0.15, 0.2) is 11.6 Å². The molecule has 1 aromatic carbocycles. The van der Waals surface area contributed by atoms with Crippen LogP contribution >= 0.6 is 11.3 Å². The van der Waals surface area contributed by atoms with Gasteiger partial charge in [0, 0.05) is 0 Å². The number of nitrogens with zero attached hydrogens (tertiary/aromatic N) is 2. The minimum atomic E-state index is -4.51. The van der Waals surface area contributed by atoms with E-state index in [9.17, 15) is 17.6 Å². The summed E-state index contributed by atoms with van der Waals surface area (Å²) < 4.78 is 56.2. The normalized spacial score (nSPS) is 13.0. The molecule has 2 aromatic rings. The quantitative estimate of drug-likeness (QED) is 0.812. The molecule has 0 radical (unpaired) electrons. The highest BCUT2D eigenvalue weighted by Gasteiger charge is 2.35. The maximum atomic E-state index is 13.5. The average Bonchev–Trinajstić information content (AvgIpc) is 2.94. The summed E-state index contributed by atoms with van der Waals surface area (Å²) in [5.74, 6) is -0.388. The molecule has 1 N–H and O–H groups in total. The van der Waals surface area contributed by atoms with Crippen LogP contribution in [0.4, 0.5) is 22.7 Å². The maximum Gasteiger partial charge on any atom is 0.445 e. The van der Waals surface area contributed by atoms with E-state index in [1.165, 1.54) is 12.1 Å². The number of alkyl halides is 3. The molecule has 0 aliphatic heterocycles. The van der Waals surface area contributed by atoms with Crippen molar-refractivity contribution in [3.05, 3.63) is 35.1 Å². The Balaban J connectivity index is 1.94. The number of nitrogens with one attached hydrogen (secondary N) is 1. The van der Waals surface area contributed by atoms with Crippen molar-refractivity contribution in [2.45, 2.75) is 25.6 Å². The molecule has 0 aliphatic rings. The Hall–Kier alpha value is -1.90. The first kappa shape index (κ1) is 16.5. The minimum absolute atomic E-state index is 0.0444. The SMILES string of the molecule is CCC(CNc1nnc(C(F)(F)F)s1)Oc1ccccc1F. The number of benzene rings is 1. The lowest BCUT2D eigenvalue weighted by Gasteiger charge is -2.18. The van der Waals surface area contributed by atoms with Crippen LogP contribution in [0.3, 0.4) is 0 Å². The molecule has 1 unspecified atom stereocenters. The van der Waals surface area contributed by atoms with Crippen molar-refractivity contribution in [3.63, 3.8) is 0 Å². The van der Waals surface area contributed by atoms with Crippen molar-refractivity contribution in [1.82, 2.24) is 10.2 Å². The van der Waals surface area contributed by atoms with Gasteiger partial charge in [0.1, 0.15) is 6.10 Å². The third-order valence-electron chi connectivity index (χ3n) is 2.73. The summed E-state index contributed by atoms with van der Waals surface area (Å²) in [5, 5.41) is 8.24. The molecule has 0 spiro atoms. The molecule has 1 heterocycles. The topological polar surface area (TPSA) is 47.0 Å². The van der Waals surface area contributed by atoms with E-state index in [0.717, 1.165) is 0 Å². The van der Waals surface area contributed by atoms with Crippen LogP contribution in [0.1, 0.15) is 18.4 Å². The predicted molar refractivity (Wildman–Crippen MR) is 74.5 cm³/mol. The zero-order chi connectivity index (χ0) is 16.2. The van der Waals surface area contributed by atoms with E-state index in [1.54, 1.807) is 12.1 Å². The highest BCUT2D eigenvalue weighted by atomic mass is 32.1. The van der Waals surface area contributed by atoms with Gasteiger partial charge >= 0.3 is 6.18 Å². The molecule has 0 fully saturated rings. The largest absolute Gasteiger partial charge is 0.486 e. The van der Waals surface area contributed by atoms with Gasteiger partial charge < -0.3 is 10.1 Å². The lowest BCUT2D eigenvalue weighted by Crippen LogP contribution is -2.25. The van der Waals surface area contributed by atoms with E-state index < -0.39 is 23.1 Å². The Morgan fingerprint density at radius 2 is 2.00 bits per heavy atom. The summed E-state index contributed by atoms with van der Waals surface area (Å²) in [6.45, 7) is 2.02. The Kier molecular flexibility index (Phi) is 5.17. The van der Waals surface area contributed by atoms with Crippen molar-refractivity contribution in [2.24, 2.45) is 0 Å². The fourth-order valence-corrected chi connectivity index (χ4v) is 2.22. The van der Waals surface area contributed by atoms with E-state index in [0.29, 0.717) is 17.8 Å². The Morgan fingerprint density at radius 1 is 1.27 bits per heavy atom. The molecule has 0 aliphatic carbocycles. The molecular weight excluding hydrogens is 322 g/mol. The summed E-state index contributed by atoms with van der Waals surface area (Å²) in [6, 6.07) is 5.95. The van der Waals surface area contributed by atoms with Crippen LogP contribution < -0.4 is 10.1 Å². The van der Waals surface area contributed by atoms with Crippen molar-refractivity contribution in [1.29, 1.82) is 0 Å². The number of anilines is 1. The fourth-order valence-electron chi connectivity index (χ4n) is 1.60. The number of hydrogen-bond donors (Lipinski definition) is 1. The van der Waals surface area contributed by atoms with Crippen molar-refractivity contribution in [2.75, 3.05) is 11.9 Å². The van der Waals surface area contributed by atoms with Gasteiger partial charge in [0.2, 0.25) is 10.1 Å². The summed E-state index contributed by atoms with van der Waals surface area (Å²) >= 11 is 0.414. The van der Waals surface area contributed by atoms with Crippen LogP contribution in [0.25, 0.3) is 0 Å². The van der Waals surface area contributed by atoms with Gasteiger partial charge in [-0.3, -0.25) is 0 Å². The highest BCUT2D eigenvalue weighted by Crippen LogP contribution is 2.33. The Labute approximate surface area is 128 Å². The standard InChI is InChI=1S/C13H13F4N3OS/c1-2-8(21-10-6-4-3-5-9(10)14)7-18-12-20-19-11(22-12)13(15,16)17/h3-6,8H,2,7H2,1H3,(H,18,20). The monoisotopic (exact) mass is 335 g/mol. The smallest absolute Gasteiger partial charge is 0.445 e. The first-order valence-corrected chi connectivity index (χ1v) is 7.27. The van der Waals surface area contributed by atoms with Gasteiger partial charge in [-0.25, -0.2) is 4.39 Å². The van der Waals surface area contributed by atoms with Gasteiger partial charge in [-0.2, -0.15) is 13.2 Å². The van der Waals surface area contributed by atoms with Gasteiger partial charge in [-0.15, -0.1) is 10.2 Å². The molecule has 1 atom stereocenters. The first-order valence-electron chi connectivity index (χ1n) is 6.46. The van der Waals surface area contributed by atoms with E-state index in [4.69, 9.17) is 4.74 Å². The van der Waals surface area contributed by atoms with E-state index in [-0.39, 0.29) is 17.4 Å². The maximum absolute atomic E-state index is 13.5. The van der Waals surface area contributed by atoms with Crippen molar-refractivity contribution >= 4 is 16.5 Å². The van der Waals surface area contributed by atoms with Gasteiger partial charge in [-0.05, 0) is 18.6 Å². The molecule has 120 valence electrons.